The van der Waals surface area contributed by atoms with Gasteiger partial charge in [-0.1, -0.05) is 18.2 Å². The van der Waals surface area contributed by atoms with Crippen molar-refractivity contribution in [3.63, 3.8) is 0 Å². The van der Waals surface area contributed by atoms with Gasteiger partial charge in [0.15, 0.2) is 6.23 Å². The number of hydrogen-bond donors (Lipinski definition) is 2. The summed E-state index contributed by atoms with van der Waals surface area (Å²) in [7, 11) is 0. The molecule has 0 saturated carbocycles. The highest BCUT2D eigenvalue weighted by Crippen LogP contribution is 2.44. The fourth-order valence-corrected chi connectivity index (χ4v) is 2.72. The van der Waals surface area contributed by atoms with E-state index in [9.17, 15) is 14.7 Å². The number of para-hydroxylation sites is 1. The van der Waals surface area contributed by atoms with Gasteiger partial charge in [0.2, 0.25) is 11.4 Å². The van der Waals surface area contributed by atoms with Crippen molar-refractivity contribution in [3.8, 4) is 5.75 Å². The standard InChI is InChI=1S/C15H15NO6/c17-7-6-11-15(14(19)20,16-12(18)8-13(16)22-11)9-21-10-4-2-1-3-5-10/h1-6,13,17H,7-9H2,(H,19,20)/b11-6-/t13-,15-/m1/s1. The highest BCUT2D eigenvalue weighted by atomic mass is 16.5. The SMILES string of the molecule is O=C1C[C@H]2O/C(=C\CO)[C@](COc3ccccc3)(C(=O)O)N12. The van der Waals surface area contributed by atoms with Crippen LogP contribution < -0.4 is 4.74 Å². The van der Waals surface area contributed by atoms with Crippen molar-refractivity contribution < 1.29 is 29.3 Å². The van der Waals surface area contributed by atoms with Gasteiger partial charge in [-0.3, -0.25) is 9.69 Å². The maximum atomic E-state index is 11.9. The second-order valence-electron chi connectivity index (χ2n) is 5.06. The van der Waals surface area contributed by atoms with Gasteiger partial charge in [0, 0.05) is 0 Å². The average Bonchev–Trinajstić information content (AvgIpc) is 2.76. The number of carbonyl (C=O) groups excluding carboxylic acids is 1. The molecule has 2 aliphatic heterocycles. The van der Waals surface area contributed by atoms with Gasteiger partial charge in [0.25, 0.3) is 0 Å². The number of carboxylic acids is 1. The zero-order valence-corrected chi connectivity index (χ0v) is 11.6. The van der Waals surface area contributed by atoms with Crippen LogP contribution in [0.2, 0.25) is 0 Å². The second-order valence-corrected chi connectivity index (χ2v) is 5.06. The van der Waals surface area contributed by atoms with Crippen molar-refractivity contribution in [1.82, 2.24) is 4.90 Å². The van der Waals surface area contributed by atoms with Crippen LogP contribution >= 0.6 is 0 Å². The highest BCUT2D eigenvalue weighted by Gasteiger charge is 2.65. The number of aliphatic hydroxyl groups is 1. The summed E-state index contributed by atoms with van der Waals surface area (Å²) < 4.78 is 11.0. The number of carboxylic acid groups (broad SMARTS) is 1. The fraction of sp³-hybridized carbons (Fsp3) is 0.333. The maximum absolute atomic E-state index is 11.9. The molecule has 2 atom stereocenters. The summed E-state index contributed by atoms with van der Waals surface area (Å²) in [6, 6.07) is 8.71. The molecule has 2 saturated heterocycles. The van der Waals surface area contributed by atoms with Crippen molar-refractivity contribution in [2.45, 2.75) is 18.2 Å². The number of ether oxygens (including phenoxy) is 2. The van der Waals surface area contributed by atoms with Crippen LogP contribution in [0, 0.1) is 0 Å². The summed E-state index contributed by atoms with van der Waals surface area (Å²) in [5.41, 5.74) is -1.74. The lowest BCUT2D eigenvalue weighted by atomic mass is 9.93. The molecule has 0 bridgehead atoms. The number of aliphatic carboxylic acids is 1. The van der Waals surface area contributed by atoms with Crippen molar-refractivity contribution in [1.29, 1.82) is 0 Å². The maximum Gasteiger partial charge on any atom is 0.341 e. The summed E-state index contributed by atoms with van der Waals surface area (Å²) in [6.07, 6.45) is 0.776. The molecular formula is C15H15NO6. The van der Waals surface area contributed by atoms with Gasteiger partial charge in [0.05, 0.1) is 13.0 Å². The quantitative estimate of drug-likeness (QED) is 0.762. The first-order chi connectivity index (χ1) is 10.6. The molecule has 116 valence electrons. The number of carbonyl (C=O) groups is 2. The third kappa shape index (κ3) is 2.01. The molecular weight excluding hydrogens is 290 g/mol. The monoisotopic (exact) mass is 305 g/mol. The summed E-state index contributed by atoms with van der Waals surface area (Å²) in [6.45, 7) is -0.676. The molecule has 2 N–H and O–H groups in total. The minimum Gasteiger partial charge on any atom is -0.490 e. The third-order valence-corrected chi connectivity index (χ3v) is 3.81. The molecule has 1 aromatic carbocycles. The lowest BCUT2D eigenvalue weighted by Gasteiger charge is -2.40. The van der Waals surface area contributed by atoms with Gasteiger partial charge >= 0.3 is 5.97 Å². The van der Waals surface area contributed by atoms with Crippen LogP contribution in [0.15, 0.2) is 42.2 Å². The number of aliphatic hydroxyl groups excluding tert-OH is 1. The Balaban J connectivity index is 1.93. The van der Waals surface area contributed by atoms with E-state index in [0.717, 1.165) is 0 Å². The molecule has 2 aliphatic rings. The molecule has 1 amide bonds. The Morgan fingerprint density at radius 3 is 2.77 bits per heavy atom. The van der Waals surface area contributed by atoms with Crippen LogP contribution in [-0.4, -0.2) is 52.0 Å². The molecule has 7 nitrogen and oxygen atoms in total. The molecule has 0 aromatic heterocycles. The molecule has 0 spiro atoms. The predicted octanol–water partition coefficient (Wildman–Crippen LogP) is 0.354. The zero-order chi connectivity index (χ0) is 15.7. The van der Waals surface area contributed by atoms with Crippen molar-refractivity contribution in [2.24, 2.45) is 0 Å². The van der Waals surface area contributed by atoms with Crippen molar-refractivity contribution in [2.75, 3.05) is 13.2 Å². The molecule has 0 radical (unpaired) electrons. The van der Waals surface area contributed by atoms with E-state index in [1.54, 1.807) is 24.3 Å². The molecule has 2 fully saturated rings. The second kappa shape index (κ2) is 5.34. The van der Waals surface area contributed by atoms with Gasteiger partial charge < -0.3 is 19.7 Å². The van der Waals surface area contributed by atoms with Gasteiger partial charge in [-0.2, -0.15) is 0 Å². The Labute approximate surface area is 126 Å². The average molecular weight is 305 g/mol. The zero-order valence-electron chi connectivity index (χ0n) is 11.6. The smallest absolute Gasteiger partial charge is 0.341 e. The summed E-state index contributed by atoms with van der Waals surface area (Å²) in [5.74, 6) is -1.04. The summed E-state index contributed by atoms with van der Waals surface area (Å²) in [5, 5.41) is 18.8. The largest absolute Gasteiger partial charge is 0.490 e. The number of fused-ring (bicyclic) bond motifs is 1. The molecule has 1 aromatic rings. The minimum atomic E-state index is -1.74. The van der Waals surface area contributed by atoms with Crippen LogP contribution in [0.4, 0.5) is 0 Å². The highest BCUT2D eigenvalue weighted by molar-refractivity contribution is 5.94. The minimum absolute atomic E-state index is 0.0364. The number of benzene rings is 1. The van der Waals surface area contributed by atoms with Gasteiger partial charge in [-0.25, -0.2) is 4.79 Å². The Kier molecular flexibility index (Phi) is 3.50. The van der Waals surface area contributed by atoms with Crippen LogP contribution in [0.5, 0.6) is 5.75 Å². The molecule has 0 unspecified atom stereocenters. The van der Waals surface area contributed by atoms with E-state index in [4.69, 9.17) is 14.6 Å². The van der Waals surface area contributed by atoms with Crippen LogP contribution in [0.1, 0.15) is 6.42 Å². The normalized spacial score (nSPS) is 28.0. The van der Waals surface area contributed by atoms with E-state index >= 15 is 0 Å². The molecule has 2 heterocycles. The van der Waals surface area contributed by atoms with Crippen molar-refractivity contribution in [3.05, 3.63) is 42.2 Å². The first kappa shape index (κ1) is 14.4. The van der Waals surface area contributed by atoms with Crippen LogP contribution in [-0.2, 0) is 14.3 Å². The lowest BCUT2D eigenvalue weighted by Crippen LogP contribution is -2.65. The molecule has 0 aliphatic carbocycles. The number of hydrogen-bond acceptors (Lipinski definition) is 5. The van der Waals surface area contributed by atoms with Gasteiger partial charge in [-0.15, -0.1) is 0 Å². The topological polar surface area (TPSA) is 96.3 Å². The molecule has 22 heavy (non-hydrogen) atoms. The van der Waals surface area contributed by atoms with Crippen LogP contribution in [0.25, 0.3) is 0 Å². The lowest BCUT2D eigenvalue weighted by molar-refractivity contribution is -0.172. The Bertz CT molecular complexity index is 628. The number of β-lactam (4-membered cyclic amide) rings is 1. The Morgan fingerprint density at radius 2 is 2.18 bits per heavy atom. The number of nitrogens with zero attached hydrogens (tertiary/aromatic N) is 1. The third-order valence-electron chi connectivity index (χ3n) is 3.81. The molecule has 7 heteroatoms. The Hall–Kier alpha value is -2.54. The predicted molar refractivity (Wildman–Crippen MR) is 73.8 cm³/mol. The van der Waals surface area contributed by atoms with Gasteiger partial charge in [-0.05, 0) is 18.2 Å². The first-order valence-electron chi connectivity index (χ1n) is 6.81. The van der Waals surface area contributed by atoms with E-state index in [-0.39, 0.29) is 31.3 Å². The number of amides is 1. The van der Waals surface area contributed by atoms with Gasteiger partial charge in [0.1, 0.15) is 18.1 Å². The first-order valence-corrected chi connectivity index (χ1v) is 6.81. The van der Waals surface area contributed by atoms with E-state index in [1.807, 2.05) is 6.07 Å². The summed E-state index contributed by atoms with van der Waals surface area (Å²) in [4.78, 5) is 24.9. The fourth-order valence-electron chi connectivity index (χ4n) is 2.72. The molecule has 3 rings (SSSR count). The van der Waals surface area contributed by atoms with Crippen molar-refractivity contribution >= 4 is 11.9 Å². The van der Waals surface area contributed by atoms with Crippen LogP contribution in [0.3, 0.4) is 0 Å². The number of rotatable bonds is 5. The Morgan fingerprint density at radius 1 is 1.45 bits per heavy atom. The summed E-state index contributed by atoms with van der Waals surface area (Å²) >= 11 is 0. The van der Waals surface area contributed by atoms with E-state index in [2.05, 4.69) is 0 Å². The van der Waals surface area contributed by atoms with E-state index in [0.29, 0.717) is 5.75 Å². The van der Waals surface area contributed by atoms with E-state index in [1.165, 1.54) is 11.0 Å². The van der Waals surface area contributed by atoms with E-state index < -0.39 is 17.7 Å².